The Hall–Kier alpha value is -1.13. The fourth-order valence-electron chi connectivity index (χ4n) is 2.52. The van der Waals surface area contributed by atoms with Gasteiger partial charge in [0.25, 0.3) is 0 Å². The van der Waals surface area contributed by atoms with Crippen LogP contribution in [0.25, 0.3) is 0 Å². The molecule has 1 saturated carbocycles. The number of carbonyl (C=O) groups is 1. The minimum absolute atomic E-state index is 0.204. The topological polar surface area (TPSA) is 39.3 Å². The van der Waals surface area contributed by atoms with Crippen molar-refractivity contribution in [2.24, 2.45) is 0 Å². The van der Waals surface area contributed by atoms with Crippen molar-refractivity contribution < 1.29 is 4.79 Å². The number of hydrogen-bond donors (Lipinski definition) is 1. The Morgan fingerprint density at radius 3 is 2.65 bits per heavy atom. The Kier molecular flexibility index (Phi) is 2.99. The molecular formula is C13H19N3O. The summed E-state index contributed by atoms with van der Waals surface area (Å²) in [5.74, 6) is 0.204. The number of ketones is 1. The summed E-state index contributed by atoms with van der Waals surface area (Å²) in [5.41, 5.74) is 0.731. The average Bonchev–Trinajstić information content (AvgIpc) is 3.05. The van der Waals surface area contributed by atoms with Crippen molar-refractivity contribution in [2.75, 3.05) is 32.7 Å². The zero-order valence-electron chi connectivity index (χ0n) is 10.1. The molecule has 1 aliphatic carbocycles. The van der Waals surface area contributed by atoms with Crippen LogP contribution in [0.4, 0.5) is 0 Å². The lowest BCUT2D eigenvalue weighted by Gasteiger charge is -2.34. The van der Waals surface area contributed by atoms with Crippen LogP contribution in [0.1, 0.15) is 23.3 Å². The number of Topliss-reactive ketones (excluding diaryl/α,β-unsaturated/α-hetero) is 1. The van der Waals surface area contributed by atoms with Crippen LogP contribution < -0.4 is 0 Å². The molecule has 0 spiro atoms. The van der Waals surface area contributed by atoms with E-state index in [1.807, 2.05) is 12.1 Å². The van der Waals surface area contributed by atoms with Crippen molar-refractivity contribution >= 4 is 5.78 Å². The summed E-state index contributed by atoms with van der Waals surface area (Å²) >= 11 is 0. The normalized spacial score (nSPS) is 22.8. The van der Waals surface area contributed by atoms with E-state index in [1.165, 1.54) is 12.8 Å². The van der Waals surface area contributed by atoms with Gasteiger partial charge in [-0.05, 0) is 25.0 Å². The monoisotopic (exact) mass is 233 g/mol. The van der Waals surface area contributed by atoms with Crippen LogP contribution in [0.2, 0.25) is 0 Å². The zero-order valence-corrected chi connectivity index (χ0v) is 10.1. The summed E-state index contributed by atoms with van der Waals surface area (Å²) < 4.78 is 0. The molecule has 2 aliphatic rings. The van der Waals surface area contributed by atoms with Gasteiger partial charge in [0.15, 0.2) is 5.78 Å². The summed E-state index contributed by atoms with van der Waals surface area (Å²) in [4.78, 5) is 19.7. The summed E-state index contributed by atoms with van der Waals surface area (Å²) in [6.07, 6.45) is 4.56. The molecule has 0 aromatic carbocycles. The van der Waals surface area contributed by atoms with Crippen molar-refractivity contribution in [3.8, 4) is 0 Å². The number of nitrogens with one attached hydrogen (secondary N) is 1. The van der Waals surface area contributed by atoms with Crippen LogP contribution in [0.3, 0.4) is 0 Å². The van der Waals surface area contributed by atoms with Gasteiger partial charge in [-0.2, -0.15) is 0 Å². The second-order valence-electron chi connectivity index (χ2n) is 5.05. The molecule has 2 heterocycles. The predicted octanol–water partition coefficient (Wildman–Crippen LogP) is 0.977. The molecule has 0 bridgehead atoms. The van der Waals surface area contributed by atoms with Crippen molar-refractivity contribution in [3.63, 3.8) is 0 Å². The third-order valence-electron chi connectivity index (χ3n) is 3.74. The van der Waals surface area contributed by atoms with Crippen molar-refractivity contribution in [2.45, 2.75) is 18.9 Å². The number of piperazine rings is 1. The molecule has 1 aromatic rings. The van der Waals surface area contributed by atoms with E-state index >= 15 is 0 Å². The number of hydrogen-bond acceptors (Lipinski definition) is 3. The maximum Gasteiger partial charge on any atom is 0.192 e. The second-order valence-corrected chi connectivity index (χ2v) is 5.05. The van der Waals surface area contributed by atoms with Crippen molar-refractivity contribution in [1.82, 2.24) is 14.8 Å². The molecule has 1 N–H and O–H groups in total. The van der Waals surface area contributed by atoms with Crippen LogP contribution in [0.5, 0.6) is 0 Å². The molecule has 3 rings (SSSR count). The summed E-state index contributed by atoms with van der Waals surface area (Å²) in [7, 11) is 0. The number of aromatic nitrogens is 1. The molecule has 0 radical (unpaired) electrons. The van der Waals surface area contributed by atoms with E-state index in [1.54, 1.807) is 6.20 Å². The van der Waals surface area contributed by atoms with Gasteiger partial charge in [0.1, 0.15) is 0 Å². The Balaban J connectivity index is 1.48. The van der Waals surface area contributed by atoms with Gasteiger partial charge in [-0.1, -0.05) is 0 Å². The smallest absolute Gasteiger partial charge is 0.192 e. The number of H-pyrrole nitrogens is 1. The van der Waals surface area contributed by atoms with Gasteiger partial charge in [0.2, 0.25) is 0 Å². The van der Waals surface area contributed by atoms with E-state index in [4.69, 9.17) is 0 Å². The minimum Gasteiger partial charge on any atom is -0.359 e. The maximum atomic E-state index is 11.9. The number of nitrogens with zero attached hydrogens (tertiary/aromatic N) is 2. The molecule has 4 nitrogen and oxygen atoms in total. The standard InChI is InChI=1S/C13H19N3O/c17-13(12-2-1-5-14-12)10-15-6-8-16(9-7-15)11-3-4-11/h1-2,5,11,14H,3-4,6-10H2. The molecule has 4 heteroatoms. The predicted molar refractivity (Wildman–Crippen MR) is 66.2 cm³/mol. The molecule has 17 heavy (non-hydrogen) atoms. The zero-order chi connectivity index (χ0) is 11.7. The molecule has 0 atom stereocenters. The number of aromatic amines is 1. The number of rotatable bonds is 4. The molecule has 1 aliphatic heterocycles. The molecule has 0 unspecified atom stereocenters. The lowest BCUT2D eigenvalue weighted by Crippen LogP contribution is -2.48. The van der Waals surface area contributed by atoms with Crippen LogP contribution in [-0.2, 0) is 0 Å². The molecule has 0 amide bonds. The fraction of sp³-hybridized carbons (Fsp3) is 0.615. The van der Waals surface area contributed by atoms with E-state index < -0.39 is 0 Å². The van der Waals surface area contributed by atoms with E-state index in [-0.39, 0.29) is 5.78 Å². The summed E-state index contributed by atoms with van der Waals surface area (Å²) in [6.45, 7) is 4.87. The molecule has 1 aromatic heterocycles. The largest absolute Gasteiger partial charge is 0.359 e. The highest BCUT2D eigenvalue weighted by Crippen LogP contribution is 2.27. The van der Waals surface area contributed by atoms with Crippen LogP contribution >= 0.6 is 0 Å². The third-order valence-corrected chi connectivity index (χ3v) is 3.74. The van der Waals surface area contributed by atoms with Crippen LogP contribution in [-0.4, -0.2) is 59.3 Å². The first-order chi connectivity index (χ1) is 8.33. The maximum absolute atomic E-state index is 11.9. The Bertz CT molecular complexity index is 375. The molecule has 2 fully saturated rings. The van der Waals surface area contributed by atoms with Crippen LogP contribution in [0, 0.1) is 0 Å². The Morgan fingerprint density at radius 1 is 1.29 bits per heavy atom. The van der Waals surface area contributed by atoms with E-state index in [2.05, 4.69) is 14.8 Å². The van der Waals surface area contributed by atoms with Gasteiger partial charge in [-0.3, -0.25) is 14.6 Å². The summed E-state index contributed by atoms with van der Waals surface area (Å²) in [5, 5.41) is 0. The first-order valence-electron chi connectivity index (χ1n) is 6.46. The third kappa shape index (κ3) is 2.58. The SMILES string of the molecule is O=C(CN1CCN(C2CC2)CC1)c1ccc[nH]1. The lowest BCUT2D eigenvalue weighted by atomic mass is 10.2. The van der Waals surface area contributed by atoms with Gasteiger partial charge >= 0.3 is 0 Å². The van der Waals surface area contributed by atoms with E-state index in [9.17, 15) is 4.79 Å². The quantitative estimate of drug-likeness (QED) is 0.788. The van der Waals surface area contributed by atoms with Crippen molar-refractivity contribution in [1.29, 1.82) is 0 Å². The fourth-order valence-corrected chi connectivity index (χ4v) is 2.52. The Labute approximate surface area is 102 Å². The molecule has 1 saturated heterocycles. The van der Waals surface area contributed by atoms with Gasteiger partial charge in [0.05, 0.1) is 12.2 Å². The first kappa shape index (κ1) is 11.0. The highest BCUT2D eigenvalue weighted by Gasteiger charge is 2.31. The van der Waals surface area contributed by atoms with E-state index in [0.29, 0.717) is 6.54 Å². The average molecular weight is 233 g/mol. The van der Waals surface area contributed by atoms with Gasteiger partial charge in [-0.15, -0.1) is 0 Å². The minimum atomic E-state index is 0.204. The van der Waals surface area contributed by atoms with Gasteiger partial charge in [-0.25, -0.2) is 0 Å². The highest BCUT2D eigenvalue weighted by atomic mass is 16.1. The highest BCUT2D eigenvalue weighted by molar-refractivity contribution is 5.95. The Morgan fingerprint density at radius 2 is 2.06 bits per heavy atom. The van der Waals surface area contributed by atoms with E-state index in [0.717, 1.165) is 37.9 Å². The molecular weight excluding hydrogens is 214 g/mol. The lowest BCUT2D eigenvalue weighted by molar-refractivity contribution is 0.0840. The van der Waals surface area contributed by atoms with Crippen LogP contribution in [0.15, 0.2) is 18.3 Å². The number of carbonyl (C=O) groups excluding carboxylic acids is 1. The van der Waals surface area contributed by atoms with Gasteiger partial charge < -0.3 is 4.98 Å². The van der Waals surface area contributed by atoms with Gasteiger partial charge in [0, 0.05) is 38.4 Å². The van der Waals surface area contributed by atoms with Crippen molar-refractivity contribution in [3.05, 3.63) is 24.0 Å². The summed E-state index contributed by atoms with van der Waals surface area (Å²) in [6, 6.07) is 4.58. The second kappa shape index (κ2) is 4.63. The first-order valence-corrected chi connectivity index (χ1v) is 6.46. The molecule has 92 valence electrons.